The van der Waals surface area contributed by atoms with Gasteiger partial charge in [0.05, 0.1) is 11.5 Å². The molecule has 0 unspecified atom stereocenters. The van der Waals surface area contributed by atoms with Crippen LogP contribution in [0.1, 0.15) is 17.5 Å². The normalized spacial score (nSPS) is 14.7. The highest BCUT2D eigenvalue weighted by atomic mass is 16.6. The van der Waals surface area contributed by atoms with E-state index in [0.717, 1.165) is 43.0 Å². The van der Waals surface area contributed by atoms with Crippen molar-refractivity contribution in [2.45, 2.75) is 20.3 Å². The molecule has 1 fully saturated rings. The Kier molecular flexibility index (Phi) is 7.91. The molecular weight excluding hydrogens is 410 g/mol. The number of amides is 2. The average Bonchev–Trinajstić information content (AvgIpc) is 2.76. The fraction of sp³-hybridized carbons (Fsp3) is 0.391. The molecule has 0 radical (unpaired) electrons. The van der Waals surface area contributed by atoms with Crippen LogP contribution in [0.25, 0.3) is 0 Å². The summed E-state index contributed by atoms with van der Waals surface area (Å²) in [5, 5.41) is 16.7. The van der Waals surface area contributed by atoms with Crippen molar-refractivity contribution in [1.29, 1.82) is 0 Å². The van der Waals surface area contributed by atoms with Crippen LogP contribution in [0.2, 0.25) is 0 Å². The van der Waals surface area contributed by atoms with Gasteiger partial charge < -0.3 is 15.5 Å². The summed E-state index contributed by atoms with van der Waals surface area (Å²) in [6, 6.07) is 12.0. The summed E-state index contributed by atoms with van der Waals surface area (Å²) < 4.78 is 0. The van der Waals surface area contributed by atoms with Gasteiger partial charge in [-0.25, -0.2) is 0 Å². The van der Waals surface area contributed by atoms with E-state index in [1.807, 2.05) is 32.0 Å². The molecule has 0 atom stereocenters. The third-order valence-electron chi connectivity index (χ3n) is 5.74. The van der Waals surface area contributed by atoms with E-state index >= 15 is 0 Å². The summed E-state index contributed by atoms with van der Waals surface area (Å²) in [6.07, 6.45) is 0.249. The lowest BCUT2D eigenvalue weighted by molar-refractivity contribution is -0.383. The Morgan fingerprint density at radius 3 is 2.25 bits per heavy atom. The van der Waals surface area contributed by atoms with E-state index < -0.39 is 4.92 Å². The Labute approximate surface area is 187 Å². The Morgan fingerprint density at radius 1 is 0.906 bits per heavy atom. The van der Waals surface area contributed by atoms with E-state index in [1.54, 1.807) is 12.1 Å². The SMILES string of the molecule is Cc1cccc(NC(=O)CN2CCN(CCC(=O)Nc3ccccc3[N+](=O)[O-])CC2)c1C. The summed E-state index contributed by atoms with van der Waals surface area (Å²) in [4.78, 5) is 39.5. The second-order valence-corrected chi connectivity index (χ2v) is 7.99. The Hall–Kier alpha value is -3.30. The van der Waals surface area contributed by atoms with E-state index in [1.165, 1.54) is 12.1 Å². The molecule has 1 heterocycles. The summed E-state index contributed by atoms with van der Waals surface area (Å²) >= 11 is 0. The Morgan fingerprint density at radius 2 is 1.53 bits per heavy atom. The number of carbonyl (C=O) groups excluding carboxylic acids is 2. The molecule has 0 saturated carbocycles. The first-order valence-electron chi connectivity index (χ1n) is 10.7. The minimum atomic E-state index is -0.509. The third kappa shape index (κ3) is 6.35. The van der Waals surface area contributed by atoms with Crippen molar-refractivity contribution in [2.24, 2.45) is 0 Å². The topological polar surface area (TPSA) is 108 Å². The van der Waals surface area contributed by atoms with Gasteiger partial charge in [0.1, 0.15) is 5.69 Å². The predicted octanol–water partition coefficient (Wildman–Crippen LogP) is 2.80. The summed E-state index contributed by atoms with van der Waals surface area (Å²) in [7, 11) is 0. The zero-order chi connectivity index (χ0) is 23.1. The average molecular weight is 440 g/mol. The van der Waals surface area contributed by atoms with Gasteiger partial charge in [0.15, 0.2) is 0 Å². The molecule has 2 aromatic rings. The molecule has 1 saturated heterocycles. The number of carbonyl (C=O) groups is 2. The molecule has 2 amide bonds. The minimum absolute atomic E-state index is 0.0315. The lowest BCUT2D eigenvalue weighted by atomic mass is 10.1. The van der Waals surface area contributed by atoms with Crippen molar-refractivity contribution in [3.05, 3.63) is 63.7 Å². The van der Waals surface area contributed by atoms with Crippen LogP contribution >= 0.6 is 0 Å². The van der Waals surface area contributed by atoms with E-state index in [-0.39, 0.29) is 29.6 Å². The van der Waals surface area contributed by atoms with Gasteiger partial charge in [-0.15, -0.1) is 0 Å². The number of nitro groups is 1. The number of anilines is 2. The molecule has 0 spiro atoms. The van der Waals surface area contributed by atoms with Crippen LogP contribution in [0.3, 0.4) is 0 Å². The first-order chi connectivity index (χ1) is 15.3. The monoisotopic (exact) mass is 439 g/mol. The largest absolute Gasteiger partial charge is 0.325 e. The molecule has 2 aromatic carbocycles. The lowest BCUT2D eigenvalue weighted by Crippen LogP contribution is -2.49. The Bertz CT molecular complexity index is 986. The first-order valence-corrected chi connectivity index (χ1v) is 10.7. The highest BCUT2D eigenvalue weighted by molar-refractivity contribution is 5.93. The minimum Gasteiger partial charge on any atom is -0.325 e. The van der Waals surface area contributed by atoms with Gasteiger partial charge in [0.25, 0.3) is 5.69 Å². The standard InChI is InChI=1S/C23H29N5O4/c1-17-6-5-8-19(18(17)2)24-23(30)16-27-14-12-26(13-15-27)11-10-22(29)25-20-7-3-4-9-21(20)28(31)32/h3-9H,10-16H2,1-2H3,(H,24,30)(H,25,29). The lowest BCUT2D eigenvalue weighted by Gasteiger charge is -2.34. The number of rotatable bonds is 8. The summed E-state index contributed by atoms with van der Waals surface area (Å²) in [6.45, 7) is 7.92. The van der Waals surface area contributed by atoms with Crippen molar-refractivity contribution in [2.75, 3.05) is 49.9 Å². The van der Waals surface area contributed by atoms with Crippen LogP contribution in [-0.4, -0.2) is 65.8 Å². The van der Waals surface area contributed by atoms with Gasteiger partial charge in [-0.2, -0.15) is 0 Å². The molecule has 2 N–H and O–H groups in total. The number of benzene rings is 2. The fourth-order valence-electron chi connectivity index (χ4n) is 3.66. The van der Waals surface area contributed by atoms with E-state index in [2.05, 4.69) is 20.4 Å². The van der Waals surface area contributed by atoms with Crippen molar-refractivity contribution in [3.63, 3.8) is 0 Å². The molecule has 0 bridgehead atoms. The maximum atomic E-state index is 12.4. The zero-order valence-corrected chi connectivity index (χ0v) is 18.5. The maximum Gasteiger partial charge on any atom is 0.292 e. The number of hydrogen-bond acceptors (Lipinski definition) is 6. The van der Waals surface area contributed by atoms with Gasteiger partial charge >= 0.3 is 0 Å². The summed E-state index contributed by atoms with van der Waals surface area (Å²) in [5.74, 6) is -0.286. The van der Waals surface area contributed by atoms with Gasteiger partial charge in [-0.05, 0) is 37.1 Å². The quantitative estimate of drug-likeness (QED) is 0.484. The van der Waals surface area contributed by atoms with Gasteiger partial charge in [-0.3, -0.25) is 24.6 Å². The second-order valence-electron chi connectivity index (χ2n) is 7.99. The molecule has 1 aliphatic rings. The number of nitrogens with one attached hydrogen (secondary N) is 2. The highest BCUT2D eigenvalue weighted by Gasteiger charge is 2.20. The number of nitrogens with zero attached hydrogens (tertiary/aromatic N) is 3. The van der Waals surface area contributed by atoms with Crippen molar-refractivity contribution in [3.8, 4) is 0 Å². The molecule has 170 valence electrons. The molecule has 32 heavy (non-hydrogen) atoms. The van der Waals surface area contributed by atoms with Crippen LogP contribution in [0.4, 0.5) is 17.1 Å². The molecular formula is C23H29N5O4. The van der Waals surface area contributed by atoms with Gasteiger partial charge in [0.2, 0.25) is 11.8 Å². The van der Waals surface area contributed by atoms with Crippen LogP contribution in [-0.2, 0) is 9.59 Å². The highest BCUT2D eigenvalue weighted by Crippen LogP contribution is 2.23. The van der Waals surface area contributed by atoms with Gasteiger partial charge in [0, 0.05) is 50.9 Å². The van der Waals surface area contributed by atoms with E-state index in [0.29, 0.717) is 13.1 Å². The van der Waals surface area contributed by atoms with Crippen molar-refractivity contribution in [1.82, 2.24) is 9.80 Å². The molecule has 0 aromatic heterocycles. The third-order valence-corrected chi connectivity index (χ3v) is 5.74. The molecule has 1 aliphatic heterocycles. The number of aryl methyl sites for hydroxylation is 1. The second kappa shape index (κ2) is 10.8. The molecule has 0 aliphatic carbocycles. The van der Waals surface area contributed by atoms with Crippen LogP contribution in [0, 0.1) is 24.0 Å². The smallest absolute Gasteiger partial charge is 0.292 e. The van der Waals surface area contributed by atoms with Gasteiger partial charge in [-0.1, -0.05) is 24.3 Å². The maximum absolute atomic E-state index is 12.4. The number of hydrogen-bond donors (Lipinski definition) is 2. The van der Waals surface area contributed by atoms with E-state index in [4.69, 9.17) is 0 Å². The zero-order valence-electron chi connectivity index (χ0n) is 18.5. The molecule has 3 rings (SSSR count). The molecule has 9 heteroatoms. The predicted molar refractivity (Wildman–Crippen MR) is 124 cm³/mol. The van der Waals surface area contributed by atoms with Crippen molar-refractivity contribution >= 4 is 28.9 Å². The first kappa shape index (κ1) is 23.4. The number of nitro benzene ring substituents is 1. The summed E-state index contributed by atoms with van der Waals surface area (Å²) in [5.41, 5.74) is 3.15. The van der Waals surface area contributed by atoms with Crippen LogP contribution < -0.4 is 10.6 Å². The van der Waals surface area contributed by atoms with Crippen molar-refractivity contribution < 1.29 is 14.5 Å². The van der Waals surface area contributed by atoms with E-state index in [9.17, 15) is 19.7 Å². The molecule has 9 nitrogen and oxygen atoms in total. The Balaban J connectivity index is 1.39. The fourth-order valence-corrected chi connectivity index (χ4v) is 3.66. The number of piperazine rings is 1. The van der Waals surface area contributed by atoms with Crippen LogP contribution in [0.5, 0.6) is 0 Å². The number of para-hydroxylation sites is 2. The van der Waals surface area contributed by atoms with Crippen LogP contribution in [0.15, 0.2) is 42.5 Å².